The molecule has 94 valence electrons. The number of aliphatic imine (C=N–C) groups is 1. The van der Waals surface area contributed by atoms with Gasteiger partial charge in [0, 0.05) is 26.1 Å². The Bertz CT molecular complexity index is 372. The molecule has 0 atom stereocenters. The van der Waals surface area contributed by atoms with Crippen LogP contribution in [0, 0.1) is 0 Å². The first kappa shape index (κ1) is 14.3. The lowest BCUT2D eigenvalue weighted by Crippen LogP contribution is -2.39. The van der Waals surface area contributed by atoms with Gasteiger partial charge in [0.2, 0.25) is 0 Å². The van der Waals surface area contributed by atoms with Gasteiger partial charge in [-0.2, -0.15) is 0 Å². The third-order valence-corrected chi connectivity index (χ3v) is 3.29. The largest absolute Gasteiger partial charge is 0.359 e. The fraction of sp³-hybridized carbons (Fsp3) is 0.462. The molecule has 4 heteroatoms. The summed E-state index contributed by atoms with van der Waals surface area (Å²) in [5.41, 5.74) is 1.78. The Hall–Kier alpha value is -0.780. The highest BCUT2D eigenvalue weighted by Gasteiger charge is 2.43. The average molecular weight is 345 g/mol. The van der Waals surface area contributed by atoms with E-state index in [4.69, 9.17) is 0 Å². The number of hydrogen-bond acceptors (Lipinski definition) is 1. The second-order valence-electron chi connectivity index (χ2n) is 4.32. The van der Waals surface area contributed by atoms with Gasteiger partial charge < -0.3 is 10.6 Å². The molecular formula is C13H20IN3. The van der Waals surface area contributed by atoms with Crippen LogP contribution in [0.25, 0.3) is 0 Å². The third-order valence-electron chi connectivity index (χ3n) is 3.29. The van der Waals surface area contributed by atoms with E-state index in [0.717, 1.165) is 12.5 Å². The van der Waals surface area contributed by atoms with Crippen LogP contribution < -0.4 is 10.6 Å². The fourth-order valence-electron chi connectivity index (χ4n) is 2.04. The predicted octanol–water partition coefficient (Wildman–Crippen LogP) is 2.13. The molecule has 0 unspecified atom stereocenters. The molecule has 0 saturated heterocycles. The molecule has 1 saturated carbocycles. The fourth-order valence-corrected chi connectivity index (χ4v) is 2.04. The summed E-state index contributed by atoms with van der Waals surface area (Å²) < 4.78 is 0. The Balaban J connectivity index is 0.00000144. The summed E-state index contributed by atoms with van der Waals surface area (Å²) >= 11 is 0. The zero-order chi connectivity index (χ0) is 11.4. The quantitative estimate of drug-likeness (QED) is 0.500. The van der Waals surface area contributed by atoms with Gasteiger partial charge >= 0.3 is 0 Å². The zero-order valence-electron chi connectivity index (χ0n) is 10.4. The molecule has 1 fully saturated rings. The Kier molecular flexibility index (Phi) is 5.24. The molecule has 0 radical (unpaired) electrons. The molecule has 2 N–H and O–H groups in total. The highest BCUT2D eigenvalue weighted by atomic mass is 127. The van der Waals surface area contributed by atoms with E-state index >= 15 is 0 Å². The van der Waals surface area contributed by atoms with Gasteiger partial charge in [-0.3, -0.25) is 4.99 Å². The summed E-state index contributed by atoms with van der Waals surface area (Å²) in [6.07, 6.45) is 2.54. The topological polar surface area (TPSA) is 36.4 Å². The van der Waals surface area contributed by atoms with Crippen molar-refractivity contribution in [3.8, 4) is 0 Å². The van der Waals surface area contributed by atoms with Crippen LogP contribution in [-0.2, 0) is 5.41 Å². The highest BCUT2D eigenvalue weighted by molar-refractivity contribution is 14.0. The molecule has 1 aromatic rings. The molecule has 0 amide bonds. The lowest BCUT2D eigenvalue weighted by Gasteiger charge is -2.17. The number of nitrogens with zero attached hydrogens (tertiary/aromatic N) is 1. The van der Waals surface area contributed by atoms with Crippen molar-refractivity contribution < 1.29 is 0 Å². The van der Waals surface area contributed by atoms with E-state index in [-0.39, 0.29) is 24.0 Å². The molecule has 1 aliphatic carbocycles. The number of hydrogen-bond donors (Lipinski definition) is 2. The van der Waals surface area contributed by atoms with E-state index < -0.39 is 0 Å². The van der Waals surface area contributed by atoms with Crippen molar-refractivity contribution in [2.45, 2.75) is 18.3 Å². The van der Waals surface area contributed by atoms with Crippen LogP contribution in [0.3, 0.4) is 0 Å². The molecule has 1 aliphatic rings. The summed E-state index contributed by atoms with van der Waals surface area (Å²) in [6, 6.07) is 10.7. The minimum atomic E-state index is 0. The van der Waals surface area contributed by atoms with Crippen molar-refractivity contribution in [1.29, 1.82) is 0 Å². The zero-order valence-corrected chi connectivity index (χ0v) is 12.7. The summed E-state index contributed by atoms with van der Waals surface area (Å²) in [5.74, 6) is 0.863. The van der Waals surface area contributed by atoms with Crippen LogP contribution in [0.4, 0.5) is 0 Å². The summed E-state index contributed by atoms with van der Waals surface area (Å²) in [5, 5.41) is 6.40. The van der Waals surface area contributed by atoms with Crippen LogP contribution >= 0.6 is 24.0 Å². The van der Waals surface area contributed by atoms with Crippen molar-refractivity contribution in [3.05, 3.63) is 35.9 Å². The molecule has 3 nitrogen and oxygen atoms in total. The van der Waals surface area contributed by atoms with E-state index in [0.29, 0.717) is 5.41 Å². The number of rotatable bonds is 3. The van der Waals surface area contributed by atoms with Gasteiger partial charge in [-0.1, -0.05) is 30.3 Å². The Morgan fingerprint density at radius 2 is 1.94 bits per heavy atom. The Morgan fingerprint density at radius 1 is 1.29 bits per heavy atom. The van der Waals surface area contributed by atoms with E-state index in [9.17, 15) is 0 Å². The van der Waals surface area contributed by atoms with E-state index in [1.54, 1.807) is 7.05 Å². The maximum atomic E-state index is 4.13. The molecule has 0 aromatic heterocycles. The smallest absolute Gasteiger partial charge is 0.190 e. The maximum absolute atomic E-state index is 4.13. The first-order valence-electron chi connectivity index (χ1n) is 5.75. The lowest BCUT2D eigenvalue weighted by atomic mass is 9.96. The lowest BCUT2D eigenvalue weighted by molar-refractivity contribution is 0.651. The van der Waals surface area contributed by atoms with E-state index in [1.165, 1.54) is 18.4 Å². The number of nitrogens with one attached hydrogen (secondary N) is 2. The van der Waals surface area contributed by atoms with Crippen molar-refractivity contribution >= 4 is 29.9 Å². The summed E-state index contributed by atoms with van der Waals surface area (Å²) in [6.45, 7) is 0.963. The Morgan fingerprint density at radius 3 is 2.41 bits per heavy atom. The first-order valence-corrected chi connectivity index (χ1v) is 5.75. The molecule has 0 bridgehead atoms. The average Bonchev–Trinajstić information content (AvgIpc) is 3.13. The summed E-state index contributed by atoms with van der Waals surface area (Å²) in [4.78, 5) is 4.13. The standard InChI is InChI=1S/C13H19N3.HI/c1-14-12(15-2)16-10-13(8-9-13)11-6-4-3-5-7-11;/h3-7H,8-10H2,1-2H3,(H2,14,15,16);1H. The number of benzene rings is 1. The van der Waals surface area contributed by atoms with Crippen LogP contribution in [0.2, 0.25) is 0 Å². The molecule has 0 spiro atoms. The van der Waals surface area contributed by atoms with Gasteiger partial charge in [0.05, 0.1) is 0 Å². The molecule has 1 aromatic carbocycles. The SMILES string of the molecule is CN=C(NC)NCC1(c2ccccc2)CC1.I. The highest BCUT2D eigenvalue weighted by Crippen LogP contribution is 2.47. The molecule has 0 heterocycles. The van der Waals surface area contributed by atoms with Crippen LogP contribution in [0.5, 0.6) is 0 Å². The van der Waals surface area contributed by atoms with Crippen molar-refractivity contribution in [3.63, 3.8) is 0 Å². The third kappa shape index (κ3) is 3.34. The minimum Gasteiger partial charge on any atom is -0.359 e. The normalized spacial score (nSPS) is 16.9. The number of halogens is 1. The van der Waals surface area contributed by atoms with Gasteiger partial charge in [0.1, 0.15) is 0 Å². The number of guanidine groups is 1. The van der Waals surface area contributed by atoms with Crippen molar-refractivity contribution in [2.75, 3.05) is 20.6 Å². The monoisotopic (exact) mass is 345 g/mol. The Labute approximate surface area is 120 Å². The molecule has 2 rings (SSSR count). The van der Waals surface area contributed by atoms with Crippen LogP contribution in [0.1, 0.15) is 18.4 Å². The maximum Gasteiger partial charge on any atom is 0.190 e. The molecular weight excluding hydrogens is 325 g/mol. The molecule has 17 heavy (non-hydrogen) atoms. The van der Waals surface area contributed by atoms with E-state index in [2.05, 4.69) is 46.0 Å². The van der Waals surface area contributed by atoms with Gasteiger partial charge in [0.15, 0.2) is 5.96 Å². The van der Waals surface area contributed by atoms with Gasteiger partial charge in [-0.05, 0) is 18.4 Å². The second kappa shape index (κ2) is 6.23. The first-order chi connectivity index (χ1) is 7.80. The minimum absolute atomic E-state index is 0. The second-order valence-corrected chi connectivity index (χ2v) is 4.32. The van der Waals surface area contributed by atoms with Crippen molar-refractivity contribution in [2.24, 2.45) is 4.99 Å². The van der Waals surface area contributed by atoms with Gasteiger partial charge in [-0.25, -0.2) is 0 Å². The predicted molar refractivity (Wildman–Crippen MR) is 83.2 cm³/mol. The van der Waals surface area contributed by atoms with E-state index in [1.807, 2.05) is 7.05 Å². The van der Waals surface area contributed by atoms with Gasteiger partial charge in [-0.15, -0.1) is 24.0 Å². The van der Waals surface area contributed by atoms with Crippen molar-refractivity contribution in [1.82, 2.24) is 10.6 Å². The van der Waals surface area contributed by atoms with Crippen LogP contribution in [-0.4, -0.2) is 26.6 Å². The van der Waals surface area contributed by atoms with Gasteiger partial charge in [0.25, 0.3) is 0 Å². The summed E-state index contributed by atoms with van der Waals surface area (Å²) in [7, 11) is 3.68. The van der Waals surface area contributed by atoms with Crippen LogP contribution in [0.15, 0.2) is 35.3 Å². The molecule has 0 aliphatic heterocycles.